The van der Waals surface area contributed by atoms with Gasteiger partial charge in [-0.2, -0.15) is 0 Å². The second kappa shape index (κ2) is 13.9. The largest absolute Gasteiger partial charge is 0.480 e. The van der Waals surface area contributed by atoms with E-state index in [-0.39, 0.29) is 19.3 Å². The zero-order valence-corrected chi connectivity index (χ0v) is 18.6. The Morgan fingerprint density at radius 3 is 2.00 bits per heavy atom. The Kier molecular flexibility index (Phi) is 11.6. The van der Waals surface area contributed by atoms with E-state index < -0.39 is 66.5 Å². The average molecular weight is 482 g/mol. The minimum atomic E-state index is -1.68. The van der Waals surface area contributed by atoms with Crippen LogP contribution in [0.15, 0.2) is 30.3 Å². The van der Waals surface area contributed by atoms with Crippen molar-refractivity contribution >= 4 is 29.6 Å². The lowest BCUT2D eigenvalue weighted by Gasteiger charge is -2.25. The summed E-state index contributed by atoms with van der Waals surface area (Å²) in [4.78, 5) is 59.9. The number of aliphatic hydroxyl groups is 2. The summed E-state index contributed by atoms with van der Waals surface area (Å²) in [5, 5.41) is 34.9. The van der Waals surface area contributed by atoms with Gasteiger partial charge in [0.2, 0.25) is 23.6 Å². The lowest BCUT2D eigenvalue weighted by molar-refractivity contribution is -0.145. The highest BCUT2D eigenvalue weighted by molar-refractivity contribution is 5.94. The van der Waals surface area contributed by atoms with Gasteiger partial charge in [0.25, 0.3) is 0 Å². The summed E-state index contributed by atoms with van der Waals surface area (Å²) < 4.78 is 0. The summed E-state index contributed by atoms with van der Waals surface area (Å²) in [5.74, 6) is -5.01. The molecule has 13 heteroatoms. The Labute approximate surface area is 195 Å². The van der Waals surface area contributed by atoms with E-state index in [0.29, 0.717) is 0 Å². The molecule has 0 aliphatic rings. The Balaban J connectivity index is 2.86. The van der Waals surface area contributed by atoms with Crippen molar-refractivity contribution in [2.75, 3.05) is 6.61 Å². The van der Waals surface area contributed by atoms with E-state index in [1.807, 2.05) is 0 Å². The number of aliphatic carboxylic acids is 1. The number of nitrogens with one attached hydrogen (secondary N) is 3. The number of nitrogens with two attached hydrogens (primary N) is 2. The maximum atomic E-state index is 12.6. The third kappa shape index (κ3) is 9.52. The van der Waals surface area contributed by atoms with Crippen LogP contribution in [0.25, 0.3) is 0 Å². The van der Waals surface area contributed by atoms with Crippen molar-refractivity contribution in [1.29, 1.82) is 0 Å². The highest BCUT2D eigenvalue weighted by Crippen LogP contribution is 2.04. The summed E-state index contributed by atoms with van der Waals surface area (Å²) in [7, 11) is 0. The summed E-state index contributed by atoms with van der Waals surface area (Å²) in [6.07, 6.45) is -1.90. The van der Waals surface area contributed by atoms with Gasteiger partial charge in [-0.15, -0.1) is 0 Å². The van der Waals surface area contributed by atoms with E-state index in [0.717, 1.165) is 12.5 Å². The van der Waals surface area contributed by atoms with E-state index in [2.05, 4.69) is 16.0 Å². The van der Waals surface area contributed by atoms with Crippen molar-refractivity contribution in [2.24, 2.45) is 11.5 Å². The van der Waals surface area contributed by atoms with E-state index in [1.165, 1.54) is 0 Å². The molecule has 5 atom stereocenters. The first-order valence-corrected chi connectivity index (χ1v) is 10.5. The molecule has 1 rings (SSSR count). The molecule has 0 saturated carbocycles. The number of amides is 4. The summed E-state index contributed by atoms with van der Waals surface area (Å²) in [6.45, 7) is 0.317. The highest BCUT2D eigenvalue weighted by Gasteiger charge is 2.31. The number of rotatable bonds is 14. The van der Waals surface area contributed by atoms with Gasteiger partial charge in [0.05, 0.1) is 18.8 Å². The van der Waals surface area contributed by atoms with Crippen LogP contribution in [-0.4, -0.2) is 81.8 Å². The number of carboxylic acid groups (broad SMARTS) is 1. The molecule has 5 unspecified atom stereocenters. The molecule has 34 heavy (non-hydrogen) atoms. The fraction of sp³-hybridized carbons (Fsp3) is 0.476. The molecule has 0 fully saturated rings. The van der Waals surface area contributed by atoms with E-state index in [4.69, 9.17) is 16.6 Å². The predicted molar refractivity (Wildman–Crippen MR) is 119 cm³/mol. The van der Waals surface area contributed by atoms with E-state index in [9.17, 15) is 34.2 Å². The number of aliphatic hydroxyl groups excluding tert-OH is 2. The van der Waals surface area contributed by atoms with Gasteiger partial charge >= 0.3 is 5.97 Å². The van der Waals surface area contributed by atoms with Crippen LogP contribution < -0.4 is 27.4 Å². The van der Waals surface area contributed by atoms with Crippen molar-refractivity contribution < 1.29 is 39.3 Å². The molecule has 1 aromatic carbocycles. The Morgan fingerprint density at radius 1 is 0.941 bits per heavy atom. The number of carbonyl (C=O) groups is 5. The first kappa shape index (κ1) is 28.5. The van der Waals surface area contributed by atoms with Gasteiger partial charge in [0, 0.05) is 6.42 Å². The summed E-state index contributed by atoms with van der Waals surface area (Å²) in [6, 6.07) is 3.25. The molecule has 0 spiro atoms. The first-order valence-electron chi connectivity index (χ1n) is 10.5. The van der Waals surface area contributed by atoms with Crippen LogP contribution in [0.4, 0.5) is 0 Å². The predicted octanol–water partition coefficient (Wildman–Crippen LogP) is -3.27. The molecule has 13 nitrogen and oxygen atoms in total. The van der Waals surface area contributed by atoms with Crippen LogP contribution in [0.3, 0.4) is 0 Å². The number of benzene rings is 1. The topological polar surface area (TPSA) is 234 Å². The van der Waals surface area contributed by atoms with Crippen LogP contribution in [0.2, 0.25) is 0 Å². The van der Waals surface area contributed by atoms with Crippen molar-refractivity contribution in [3.05, 3.63) is 35.9 Å². The molecule has 10 N–H and O–H groups in total. The van der Waals surface area contributed by atoms with Gasteiger partial charge in [0.15, 0.2) is 6.04 Å². The molecular formula is C21H31N5O8. The molecule has 0 aromatic heterocycles. The van der Waals surface area contributed by atoms with Crippen LogP contribution in [-0.2, 0) is 30.4 Å². The van der Waals surface area contributed by atoms with Gasteiger partial charge in [-0.25, -0.2) is 4.79 Å². The zero-order chi connectivity index (χ0) is 25.8. The monoisotopic (exact) mass is 481 g/mol. The lowest BCUT2D eigenvalue weighted by atomic mass is 10.1. The second-order valence-electron chi connectivity index (χ2n) is 7.67. The van der Waals surface area contributed by atoms with Crippen molar-refractivity contribution in [1.82, 2.24) is 16.0 Å². The minimum absolute atomic E-state index is 0.173. The molecule has 188 valence electrons. The molecule has 0 heterocycles. The van der Waals surface area contributed by atoms with E-state index in [1.54, 1.807) is 30.3 Å². The molecule has 0 radical (unpaired) electrons. The molecular weight excluding hydrogens is 450 g/mol. The van der Waals surface area contributed by atoms with Crippen LogP contribution >= 0.6 is 0 Å². The number of hydrogen-bond acceptors (Lipinski definition) is 8. The normalized spacial score (nSPS) is 15.2. The maximum Gasteiger partial charge on any atom is 0.328 e. The quantitative estimate of drug-likeness (QED) is 0.133. The Bertz CT molecular complexity index is 864. The summed E-state index contributed by atoms with van der Waals surface area (Å²) in [5.41, 5.74) is 11.7. The van der Waals surface area contributed by atoms with Gasteiger partial charge in [0.1, 0.15) is 12.1 Å². The zero-order valence-electron chi connectivity index (χ0n) is 18.6. The second-order valence-corrected chi connectivity index (χ2v) is 7.67. The summed E-state index contributed by atoms with van der Waals surface area (Å²) >= 11 is 0. The molecule has 4 amide bonds. The number of hydrogen-bond donors (Lipinski definition) is 8. The fourth-order valence-corrected chi connectivity index (χ4v) is 2.90. The van der Waals surface area contributed by atoms with E-state index >= 15 is 0 Å². The maximum absolute atomic E-state index is 12.6. The van der Waals surface area contributed by atoms with Crippen molar-refractivity contribution in [3.63, 3.8) is 0 Å². The fourth-order valence-electron chi connectivity index (χ4n) is 2.90. The molecule has 1 aromatic rings. The molecule has 0 bridgehead atoms. The van der Waals surface area contributed by atoms with Gasteiger partial charge in [-0.05, 0) is 25.3 Å². The standard InChI is InChI=1S/C21H31N5O8/c1-11(28)17(21(33)34)26-19(31)14(7-8-16(23)29)24-20(32)15(10-27)25-18(30)13(22)9-12-5-3-2-4-6-12/h2-6,11,13-15,17,27-28H,7-10,22H2,1H3,(H2,23,29)(H,24,32)(H,25,30)(H,26,31)(H,33,34). The minimum Gasteiger partial charge on any atom is -0.480 e. The SMILES string of the molecule is CC(O)C(NC(=O)C(CCC(N)=O)NC(=O)C(CO)NC(=O)C(N)Cc1ccccc1)C(=O)O. The smallest absolute Gasteiger partial charge is 0.328 e. The van der Waals surface area contributed by atoms with Gasteiger partial charge in [-0.3, -0.25) is 19.2 Å². The van der Waals surface area contributed by atoms with Crippen LogP contribution in [0, 0.1) is 0 Å². The van der Waals surface area contributed by atoms with Crippen molar-refractivity contribution in [2.45, 2.75) is 56.5 Å². The van der Waals surface area contributed by atoms with Crippen molar-refractivity contribution in [3.8, 4) is 0 Å². The first-order chi connectivity index (χ1) is 16.0. The molecule has 0 aliphatic carbocycles. The average Bonchev–Trinajstić information content (AvgIpc) is 2.77. The van der Waals surface area contributed by atoms with Crippen LogP contribution in [0.1, 0.15) is 25.3 Å². The van der Waals surface area contributed by atoms with Crippen LogP contribution in [0.5, 0.6) is 0 Å². The Morgan fingerprint density at radius 2 is 1.50 bits per heavy atom. The number of primary amides is 1. The third-order valence-corrected chi connectivity index (χ3v) is 4.81. The lowest BCUT2D eigenvalue weighted by Crippen LogP contribution is -2.59. The molecule has 0 saturated heterocycles. The van der Waals surface area contributed by atoms with Gasteiger partial charge < -0.3 is 42.7 Å². The number of carboxylic acids is 1. The highest BCUT2D eigenvalue weighted by atomic mass is 16.4. The van der Waals surface area contributed by atoms with Gasteiger partial charge in [-0.1, -0.05) is 30.3 Å². The third-order valence-electron chi connectivity index (χ3n) is 4.81. The number of carbonyl (C=O) groups excluding carboxylic acids is 4. The Hall–Kier alpha value is -3.55. The molecule has 0 aliphatic heterocycles.